The molecule has 0 bridgehead atoms. The van der Waals surface area contributed by atoms with E-state index in [4.69, 9.17) is 9.47 Å². The van der Waals surface area contributed by atoms with Crippen LogP contribution in [0.2, 0.25) is 0 Å². The van der Waals surface area contributed by atoms with Gasteiger partial charge in [0, 0.05) is 12.0 Å². The van der Waals surface area contributed by atoms with Gasteiger partial charge in [-0.05, 0) is 69.5 Å². The second-order valence-electron chi connectivity index (χ2n) is 7.87. The molecule has 1 N–H and O–H groups in total. The molecule has 27 heavy (non-hydrogen) atoms. The van der Waals surface area contributed by atoms with Gasteiger partial charge in [-0.25, -0.2) is 13.1 Å². The second-order valence-corrected chi connectivity index (χ2v) is 9.55. The van der Waals surface area contributed by atoms with Crippen LogP contribution in [0.15, 0.2) is 35.2 Å². The number of fused-ring (bicyclic) bond motifs is 1. The number of hydrogen-bond acceptors (Lipinski definition) is 4. The molecule has 1 aliphatic rings. The van der Waals surface area contributed by atoms with Crippen molar-refractivity contribution in [3.8, 4) is 11.5 Å². The minimum absolute atomic E-state index is 0.277. The molecule has 0 amide bonds. The Kier molecular flexibility index (Phi) is 4.99. The Morgan fingerprint density at radius 1 is 1.11 bits per heavy atom. The lowest BCUT2D eigenvalue weighted by molar-refractivity contribution is 0.0701. The first-order valence-corrected chi connectivity index (χ1v) is 10.5. The van der Waals surface area contributed by atoms with Crippen LogP contribution in [0.25, 0.3) is 0 Å². The average Bonchev–Trinajstić information content (AvgIpc) is 2.54. The monoisotopic (exact) mass is 389 g/mol. The highest BCUT2D eigenvalue weighted by Crippen LogP contribution is 2.40. The molecule has 0 unspecified atom stereocenters. The normalized spacial score (nSPS) is 18.5. The number of sulfonamides is 1. The molecule has 0 aromatic heterocycles. The lowest BCUT2D eigenvalue weighted by atomic mass is 9.90. The molecule has 1 heterocycles. The molecule has 2 aromatic rings. The first-order valence-electron chi connectivity index (χ1n) is 8.99. The van der Waals surface area contributed by atoms with Gasteiger partial charge in [0.2, 0.25) is 10.0 Å². The van der Waals surface area contributed by atoms with Gasteiger partial charge < -0.3 is 9.47 Å². The molecular formula is C21H27NO4S. The van der Waals surface area contributed by atoms with Crippen molar-refractivity contribution in [3.63, 3.8) is 0 Å². The van der Waals surface area contributed by atoms with Gasteiger partial charge in [0.1, 0.15) is 17.1 Å². The minimum Gasteiger partial charge on any atom is -0.496 e. The van der Waals surface area contributed by atoms with Crippen molar-refractivity contribution >= 4 is 10.0 Å². The standard InChI is InChI=1S/C21H27NO4S/c1-13-7-8-16-17(12-21(4,5)26-19(16)9-13)22-27(23,24)20-11-14(2)18(25-6)10-15(20)3/h7-11,17,22H,12H2,1-6H3/t17-/m0/s1. The van der Waals surface area contributed by atoms with E-state index < -0.39 is 15.6 Å². The molecule has 1 atom stereocenters. The van der Waals surface area contributed by atoms with Gasteiger partial charge in [0.25, 0.3) is 0 Å². The van der Waals surface area contributed by atoms with Gasteiger partial charge in [-0.15, -0.1) is 0 Å². The van der Waals surface area contributed by atoms with Gasteiger partial charge in [0.05, 0.1) is 18.0 Å². The number of rotatable bonds is 4. The van der Waals surface area contributed by atoms with Crippen LogP contribution in [-0.2, 0) is 10.0 Å². The van der Waals surface area contributed by atoms with E-state index >= 15 is 0 Å². The summed E-state index contributed by atoms with van der Waals surface area (Å²) in [6, 6.07) is 8.95. The molecule has 3 rings (SSSR count). The lowest BCUT2D eigenvalue weighted by Gasteiger charge is -2.38. The molecule has 6 heteroatoms. The Balaban J connectivity index is 2.00. The summed E-state index contributed by atoms with van der Waals surface area (Å²) in [6.07, 6.45) is 0.552. The molecule has 1 aliphatic heterocycles. The maximum absolute atomic E-state index is 13.2. The van der Waals surface area contributed by atoms with Crippen LogP contribution in [0.4, 0.5) is 0 Å². The van der Waals surface area contributed by atoms with E-state index in [1.807, 2.05) is 45.9 Å². The number of nitrogens with one attached hydrogen (secondary N) is 1. The highest BCUT2D eigenvalue weighted by molar-refractivity contribution is 7.89. The summed E-state index contributed by atoms with van der Waals surface area (Å²) >= 11 is 0. The fourth-order valence-electron chi connectivity index (χ4n) is 3.59. The van der Waals surface area contributed by atoms with Crippen molar-refractivity contribution < 1.29 is 17.9 Å². The number of aryl methyl sites for hydroxylation is 3. The number of ether oxygens (including phenoxy) is 2. The van der Waals surface area contributed by atoms with Gasteiger partial charge in [0.15, 0.2) is 0 Å². The molecule has 0 radical (unpaired) electrons. The van der Waals surface area contributed by atoms with Crippen LogP contribution in [0.5, 0.6) is 11.5 Å². The van der Waals surface area contributed by atoms with E-state index in [1.165, 1.54) is 0 Å². The maximum atomic E-state index is 13.2. The summed E-state index contributed by atoms with van der Waals surface area (Å²) < 4.78 is 40.6. The molecule has 0 spiro atoms. The van der Waals surface area contributed by atoms with Crippen LogP contribution in [0.3, 0.4) is 0 Å². The van der Waals surface area contributed by atoms with Crippen molar-refractivity contribution in [3.05, 3.63) is 52.6 Å². The van der Waals surface area contributed by atoms with Gasteiger partial charge in [-0.1, -0.05) is 12.1 Å². The molecule has 0 fully saturated rings. The molecular weight excluding hydrogens is 362 g/mol. The van der Waals surface area contributed by atoms with Crippen molar-refractivity contribution in [2.45, 2.75) is 57.6 Å². The van der Waals surface area contributed by atoms with E-state index in [9.17, 15) is 8.42 Å². The SMILES string of the molecule is COc1cc(C)c(S(=O)(=O)N[C@H]2CC(C)(C)Oc3cc(C)ccc32)cc1C. The van der Waals surface area contributed by atoms with Crippen molar-refractivity contribution in [1.29, 1.82) is 0 Å². The van der Waals surface area contributed by atoms with E-state index in [0.717, 1.165) is 22.4 Å². The Morgan fingerprint density at radius 2 is 1.81 bits per heavy atom. The van der Waals surface area contributed by atoms with Crippen LogP contribution in [0.1, 0.15) is 48.6 Å². The third-order valence-corrected chi connectivity index (χ3v) is 6.52. The topological polar surface area (TPSA) is 64.6 Å². The van der Waals surface area contributed by atoms with E-state index in [-0.39, 0.29) is 10.9 Å². The fraction of sp³-hybridized carbons (Fsp3) is 0.429. The average molecular weight is 390 g/mol. The molecule has 5 nitrogen and oxygen atoms in total. The lowest BCUT2D eigenvalue weighted by Crippen LogP contribution is -2.41. The summed E-state index contributed by atoms with van der Waals surface area (Å²) in [6.45, 7) is 9.56. The van der Waals surface area contributed by atoms with Crippen LogP contribution in [-0.4, -0.2) is 21.1 Å². The van der Waals surface area contributed by atoms with Crippen molar-refractivity contribution in [2.75, 3.05) is 7.11 Å². The smallest absolute Gasteiger partial charge is 0.241 e. The van der Waals surface area contributed by atoms with E-state index in [1.54, 1.807) is 26.2 Å². The van der Waals surface area contributed by atoms with Gasteiger partial charge in [-0.3, -0.25) is 0 Å². The highest BCUT2D eigenvalue weighted by Gasteiger charge is 2.36. The Labute approximate surface area is 161 Å². The zero-order valence-electron chi connectivity index (χ0n) is 16.7. The zero-order valence-corrected chi connectivity index (χ0v) is 17.5. The number of benzene rings is 2. The van der Waals surface area contributed by atoms with E-state index in [2.05, 4.69) is 4.72 Å². The zero-order chi connectivity index (χ0) is 20.0. The van der Waals surface area contributed by atoms with E-state index in [0.29, 0.717) is 17.7 Å². The Morgan fingerprint density at radius 3 is 2.48 bits per heavy atom. The predicted molar refractivity (Wildman–Crippen MR) is 106 cm³/mol. The molecule has 0 saturated heterocycles. The Hall–Kier alpha value is -2.05. The fourth-order valence-corrected chi connectivity index (χ4v) is 5.11. The van der Waals surface area contributed by atoms with Crippen LogP contribution >= 0.6 is 0 Å². The largest absolute Gasteiger partial charge is 0.496 e. The summed E-state index contributed by atoms with van der Waals surface area (Å²) in [5.41, 5.74) is 2.92. The first kappa shape index (κ1) is 19.7. The molecule has 0 aliphatic carbocycles. The predicted octanol–water partition coefficient (Wildman–Crippen LogP) is 4.20. The Bertz CT molecular complexity index is 980. The molecule has 146 valence electrons. The molecule has 0 saturated carbocycles. The van der Waals surface area contributed by atoms with Crippen LogP contribution in [0, 0.1) is 20.8 Å². The number of methoxy groups -OCH3 is 1. The van der Waals surface area contributed by atoms with Gasteiger partial charge in [-0.2, -0.15) is 0 Å². The maximum Gasteiger partial charge on any atom is 0.241 e. The summed E-state index contributed by atoms with van der Waals surface area (Å²) in [5, 5.41) is 0. The third kappa shape index (κ3) is 3.96. The summed E-state index contributed by atoms with van der Waals surface area (Å²) in [7, 11) is -2.12. The summed E-state index contributed by atoms with van der Waals surface area (Å²) in [4.78, 5) is 0.277. The first-order chi connectivity index (χ1) is 12.5. The second kappa shape index (κ2) is 6.84. The van der Waals surface area contributed by atoms with Gasteiger partial charge >= 0.3 is 0 Å². The van der Waals surface area contributed by atoms with Crippen molar-refractivity contribution in [1.82, 2.24) is 4.72 Å². The quantitative estimate of drug-likeness (QED) is 0.851. The van der Waals surface area contributed by atoms with Crippen molar-refractivity contribution in [2.24, 2.45) is 0 Å². The minimum atomic E-state index is -3.70. The highest BCUT2D eigenvalue weighted by atomic mass is 32.2. The van der Waals surface area contributed by atoms with Crippen LogP contribution < -0.4 is 14.2 Å². The molecule has 2 aromatic carbocycles. The number of hydrogen-bond donors (Lipinski definition) is 1. The summed E-state index contributed by atoms with van der Waals surface area (Å²) in [5.74, 6) is 1.42. The third-order valence-electron chi connectivity index (χ3n) is 4.91.